The maximum absolute atomic E-state index is 6.82. The van der Waals surface area contributed by atoms with Crippen LogP contribution in [0.25, 0.3) is 38.6 Å². The highest BCUT2D eigenvalue weighted by molar-refractivity contribution is 6.15. The minimum Gasteiger partial charge on any atom is -0.453 e. The number of hydrogen-bond acceptors (Lipinski definition) is 3. The van der Waals surface area contributed by atoms with E-state index >= 15 is 0 Å². The van der Waals surface area contributed by atoms with Crippen LogP contribution in [0.5, 0.6) is 23.0 Å². The second-order valence-electron chi connectivity index (χ2n) is 10.2. The van der Waals surface area contributed by atoms with Crippen LogP contribution in [0.15, 0.2) is 133 Å². The summed E-state index contributed by atoms with van der Waals surface area (Å²) in [7, 11) is 0. The lowest BCUT2D eigenvalue weighted by molar-refractivity contribution is 0.449. The van der Waals surface area contributed by atoms with Gasteiger partial charge in [0.1, 0.15) is 5.69 Å². The molecular formula is C36H22N2O2. The largest absolute Gasteiger partial charge is 0.453 e. The van der Waals surface area contributed by atoms with Crippen molar-refractivity contribution in [1.82, 2.24) is 4.57 Å². The number of hydrogen-bond donors (Lipinski definition) is 0. The topological polar surface area (TPSA) is 26.6 Å². The lowest BCUT2D eigenvalue weighted by Gasteiger charge is -2.38. The predicted octanol–water partition coefficient (Wildman–Crippen LogP) is 10.1. The van der Waals surface area contributed by atoms with E-state index in [0.717, 1.165) is 67.6 Å². The fourth-order valence-electron chi connectivity index (χ4n) is 6.22. The lowest BCUT2D eigenvalue weighted by atomic mass is 10.0. The summed E-state index contributed by atoms with van der Waals surface area (Å²) < 4.78 is 15.7. The predicted molar refractivity (Wildman–Crippen MR) is 161 cm³/mol. The van der Waals surface area contributed by atoms with Gasteiger partial charge in [0.25, 0.3) is 0 Å². The molecule has 40 heavy (non-hydrogen) atoms. The molecule has 0 amide bonds. The molecule has 9 rings (SSSR count). The summed E-state index contributed by atoms with van der Waals surface area (Å²) in [6.45, 7) is 0. The molecule has 0 atom stereocenters. The molecule has 188 valence electrons. The quantitative estimate of drug-likeness (QED) is 0.230. The Morgan fingerprint density at radius 1 is 0.475 bits per heavy atom. The van der Waals surface area contributed by atoms with Crippen molar-refractivity contribution in [3.63, 3.8) is 0 Å². The van der Waals surface area contributed by atoms with Crippen molar-refractivity contribution in [3.05, 3.63) is 133 Å². The van der Waals surface area contributed by atoms with Gasteiger partial charge in [0, 0.05) is 16.5 Å². The van der Waals surface area contributed by atoms with Crippen LogP contribution in [-0.4, -0.2) is 4.57 Å². The van der Waals surface area contributed by atoms with E-state index < -0.39 is 0 Å². The van der Waals surface area contributed by atoms with Crippen molar-refractivity contribution >= 4 is 38.9 Å². The molecule has 4 heteroatoms. The van der Waals surface area contributed by atoms with Crippen LogP contribution in [-0.2, 0) is 0 Å². The summed E-state index contributed by atoms with van der Waals surface area (Å²) in [4.78, 5) is 2.28. The zero-order valence-electron chi connectivity index (χ0n) is 21.4. The fraction of sp³-hybridized carbons (Fsp3) is 0. The van der Waals surface area contributed by atoms with Gasteiger partial charge in [-0.3, -0.25) is 4.90 Å². The first-order valence-electron chi connectivity index (χ1n) is 13.4. The number of aromatic nitrogens is 1. The first-order valence-corrected chi connectivity index (χ1v) is 13.4. The molecule has 0 N–H and O–H groups in total. The molecule has 2 aliphatic heterocycles. The molecule has 0 fully saturated rings. The standard InChI is InChI=1S/C36H22N2O2/c1-2-11-23(12-3-1)24-13-10-14-25(21-24)37-28-16-5-4-15-26(28)27-22-33-35-36(34(27)37)40-32-20-9-7-18-30(32)38(35)29-17-6-8-19-31(29)39-33/h1-22H. The van der Waals surface area contributed by atoms with Gasteiger partial charge in [-0.2, -0.15) is 0 Å². The minimum absolute atomic E-state index is 0.789. The van der Waals surface area contributed by atoms with Crippen LogP contribution in [0.1, 0.15) is 0 Å². The fourth-order valence-corrected chi connectivity index (χ4v) is 6.22. The van der Waals surface area contributed by atoms with E-state index in [1.54, 1.807) is 0 Å². The van der Waals surface area contributed by atoms with Crippen molar-refractivity contribution in [2.24, 2.45) is 0 Å². The Morgan fingerprint density at radius 3 is 1.98 bits per heavy atom. The molecule has 3 heterocycles. The number of para-hydroxylation sites is 5. The molecule has 7 aromatic rings. The number of benzene rings is 6. The maximum atomic E-state index is 6.82. The second kappa shape index (κ2) is 8.01. The molecule has 0 radical (unpaired) electrons. The van der Waals surface area contributed by atoms with E-state index in [9.17, 15) is 0 Å². The van der Waals surface area contributed by atoms with Gasteiger partial charge in [-0.25, -0.2) is 0 Å². The average Bonchev–Trinajstić information content (AvgIpc) is 3.36. The molecule has 1 aromatic heterocycles. The highest BCUT2D eigenvalue weighted by atomic mass is 16.5. The average molecular weight is 515 g/mol. The Hall–Kier alpha value is -5.48. The summed E-state index contributed by atoms with van der Waals surface area (Å²) in [6.07, 6.45) is 0. The van der Waals surface area contributed by atoms with Gasteiger partial charge in [0.05, 0.1) is 22.4 Å². The van der Waals surface area contributed by atoms with Gasteiger partial charge in [0.15, 0.2) is 23.0 Å². The summed E-state index contributed by atoms with van der Waals surface area (Å²) in [5.74, 6) is 3.23. The van der Waals surface area contributed by atoms with E-state index in [2.05, 4.69) is 119 Å². The number of anilines is 3. The third-order valence-corrected chi connectivity index (χ3v) is 7.93. The second-order valence-corrected chi connectivity index (χ2v) is 10.2. The van der Waals surface area contributed by atoms with E-state index in [1.807, 2.05) is 24.3 Å². The summed E-state index contributed by atoms with van der Waals surface area (Å²) in [5, 5.41) is 2.24. The van der Waals surface area contributed by atoms with Crippen LogP contribution in [0.4, 0.5) is 17.1 Å². The summed E-state index contributed by atoms with van der Waals surface area (Å²) in [6, 6.07) is 46.4. The Balaban J connectivity index is 1.40. The van der Waals surface area contributed by atoms with E-state index in [0.29, 0.717) is 0 Å². The lowest BCUT2D eigenvalue weighted by Crippen LogP contribution is -2.20. The monoisotopic (exact) mass is 514 g/mol. The van der Waals surface area contributed by atoms with E-state index in [-0.39, 0.29) is 0 Å². The van der Waals surface area contributed by atoms with Gasteiger partial charge in [-0.05, 0) is 59.7 Å². The van der Waals surface area contributed by atoms with Gasteiger partial charge >= 0.3 is 0 Å². The molecule has 0 aliphatic carbocycles. The molecule has 4 nitrogen and oxygen atoms in total. The Labute approximate surface area is 230 Å². The molecule has 0 spiro atoms. The molecule has 0 saturated carbocycles. The van der Waals surface area contributed by atoms with Gasteiger partial charge < -0.3 is 14.0 Å². The van der Waals surface area contributed by atoms with E-state index in [1.165, 1.54) is 11.1 Å². The van der Waals surface area contributed by atoms with Crippen molar-refractivity contribution < 1.29 is 9.47 Å². The van der Waals surface area contributed by atoms with Crippen molar-refractivity contribution in [2.45, 2.75) is 0 Å². The first-order chi connectivity index (χ1) is 19.8. The zero-order chi connectivity index (χ0) is 26.2. The third kappa shape index (κ3) is 2.90. The highest BCUT2D eigenvalue weighted by Gasteiger charge is 2.37. The Bertz CT molecular complexity index is 2120. The van der Waals surface area contributed by atoms with Crippen molar-refractivity contribution in [3.8, 4) is 39.8 Å². The molecular weight excluding hydrogens is 492 g/mol. The zero-order valence-corrected chi connectivity index (χ0v) is 21.4. The van der Waals surface area contributed by atoms with E-state index in [4.69, 9.17) is 9.47 Å². The summed E-state index contributed by atoms with van der Waals surface area (Å²) in [5.41, 5.74) is 8.50. The SMILES string of the molecule is c1ccc(-c2cccc(-n3c4ccccc4c4cc5c6c(c43)Oc3ccccc3N6c3ccccc3O5)c2)cc1. The summed E-state index contributed by atoms with van der Waals surface area (Å²) >= 11 is 0. The Kier molecular flexibility index (Phi) is 4.30. The normalized spacial score (nSPS) is 12.8. The molecule has 6 aromatic carbocycles. The minimum atomic E-state index is 0.789. The molecule has 0 unspecified atom stereocenters. The molecule has 2 aliphatic rings. The first kappa shape index (κ1) is 21.5. The van der Waals surface area contributed by atoms with Crippen LogP contribution in [0, 0.1) is 0 Å². The van der Waals surface area contributed by atoms with Crippen LogP contribution >= 0.6 is 0 Å². The number of rotatable bonds is 2. The van der Waals surface area contributed by atoms with Crippen molar-refractivity contribution in [2.75, 3.05) is 4.90 Å². The molecule has 0 saturated heterocycles. The third-order valence-electron chi connectivity index (χ3n) is 7.93. The molecule has 0 bridgehead atoms. The Morgan fingerprint density at radius 2 is 1.15 bits per heavy atom. The number of nitrogens with zero attached hydrogens (tertiary/aromatic N) is 2. The maximum Gasteiger partial charge on any atom is 0.180 e. The number of ether oxygens (including phenoxy) is 2. The number of fused-ring (bicyclic) bond motifs is 8. The van der Waals surface area contributed by atoms with Crippen LogP contribution < -0.4 is 14.4 Å². The van der Waals surface area contributed by atoms with Gasteiger partial charge in [0.2, 0.25) is 0 Å². The highest BCUT2D eigenvalue weighted by Crippen LogP contribution is 2.62. The van der Waals surface area contributed by atoms with Crippen LogP contribution in [0.2, 0.25) is 0 Å². The smallest absolute Gasteiger partial charge is 0.180 e. The van der Waals surface area contributed by atoms with Crippen molar-refractivity contribution in [1.29, 1.82) is 0 Å². The van der Waals surface area contributed by atoms with Gasteiger partial charge in [-0.1, -0.05) is 84.9 Å². The van der Waals surface area contributed by atoms with Gasteiger partial charge in [-0.15, -0.1) is 0 Å². The van der Waals surface area contributed by atoms with Crippen LogP contribution in [0.3, 0.4) is 0 Å².